The lowest BCUT2D eigenvalue weighted by atomic mass is 10.0. The van der Waals surface area contributed by atoms with Crippen molar-refractivity contribution in [1.29, 1.82) is 0 Å². The Morgan fingerprint density at radius 3 is 2.50 bits per heavy atom. The van der Waals surface area contributed by atoms with Crippen LogP contribution in [-0.2, 0) is 16.0 Å². The molecule has 0 fully saturated rings. The van der Waals surface area contributed by atoms with E-state index in [2.05, 4.69) is 5.32 Å². The number of aliphatic carboxylic acids is 1. The average molecular weight is 409 g/mol. The Kier molecular flexibility index (Phi) is 6.20. The zero-order chi connectivity index (χ0) is 21.8. The molecule has 0 aliphatic rings. The van der Waals surface area contributed by atoms with E-state index in [1.807, 2.05) is 6.92 Å². The van der Waals surface area contributed by atoms with Crippen LogP contribution in [0, 0.1) is 6.92 Å². The van der Waals surface area contributed by atoms with Crippen LogP contribution in [0.25, 0.3) is 11.0 Å². The van der Waals surface area contributed by atoms with Gasteiger partial charge in [0.15, 0.2) is 12.1 Å². The summed E-state index contributed by atoms with van der Waals surface area (Å²) in [6.07, 6.45) is -0.288. The molecular weight excluding hydrogens is 386 g/mol. The number of fused-ring (bicyclic) bond motifs is 1. The molecule has 156 valence electrons. The first-order valence-corrected chi connectivity index (χ1v) is 9.63. The second-order valence-electron chi connectivity index (χ2n) is 6.96. The van der Waals surface area contributed by atoms with E-state index in [-0.39, 0.29) is 0 Å². The molecule has 7 nitrogen and oxygen atoms in total. The van der Waals surface area contributed by atoms with Gasteiger partial charge in [-0.3, -0.25) is 4.79 Å². The average Bonchev–Trinajstić information content (AvgIpc) is 2.73. The van der Waals surface area contributed by atoms with E-state index in [1.165, 1.54) is 13.0 Å². The Bertz CT molecular complexity index is 1140. The summed E-state index contributed by atoms with van der Waals surface area (Å²) in [6, 6.07) is 12.2. The summed E-state index contributed by atoms with van der Waals surface area (Å²) in [5.41, 5.74) is 1.89. The largest absolute Gasteiger partial charge is 0.480 e. The van der Waals surface area contributed by atoms with Gasteiger partial charge in [-0.1, -0.05) is 37.3 Å². The van der Waals surface area contributed by atoms with E-state index in [4.69, 9.17) is 9.15 Å². The van der Waals surface area contributed by atoms with E-state index >= 15 is 0 Å². The van der Waals surface area contributed by atoms with Crippen molar-refractivity contribution in [2.24, 2.45) is 0 Å². The number of rotatable bonds is 7. The molecule has 1 amide bonds. The smallest absolute Gasteiger partial charge is 0.336 e. The predicted octanol–water partition coefficient (Wildman–Crippen LogP) is 3.37. The third-order valence-corrected chi connectivity index (χ3v) is 4.92. The van der Waals surface area contributed by atoms with Crippen LogP contribution in [0.2, 0.25) is 0 Å². The van der Waals surface area contributed by atoms with Crippen LogP contribution < -0.4 is 15.7 Å². The molecule has 3 rings (SSSR count). The van der Waals surface area contributed by atoms with Gasteiger partial charge < -0.3 is 19.6 Å². The van der Waals surface area contributed by atoms with Crippen LogP contribution in [0.15, 0.2) is 57.7 Å². The highest BCUT2D eigenvalue weighted by Gasteiger charge is 2.26. The van der Waals surface area contributed by atoms with Crippen LogP contribution in [0.3, 0.4) is 0 Å². The van der Waals surface area contributed by atoms with Crippen LogP contribution >= 0.6 is 0 Å². The molecule has 0 radical (unpaired) electrons. The first kappa shape index (κ1) is 21.1. The number of amides is 1. The molecule has 0 saturated carbocycles. The highest BCUT2D eigenvalue weighted by atomic mass is 16.5. The Morgan fingerprint density at radius 1 is 1.17 bits per heavy atom. The van der Waals surface area contributed by atoms with Gasteiger partial charge in [-0.2, -0.15) is 0 Å². The number of carboxylic acid groups (broad SMARTS) is 1. The van der Waals surface area contributed by atoms with Gasteiger partial charge in [0.25, 0.3) is 5.91 Å². The van der Waals surface area contributed by atoms with Crippen LogP contribution in [-0.4, -0.2) is 23.1 Å². The van der Waals surface area contributed by atoms with E-state index in [0.717, 1.165) is 10.9 Å². The van der Waals surface area contributed by atoms with E-state index < -0.39 is 29.6 Å². The molecule has 2 N–H and O–H groups in total. The van der Waals surface area contributed by atoms with E-state index in [1.54, 1.807) is 49.4 Å². The maximum absolute atomic E-state index is 12.6. The third-order valence-electron chi connectivity index (χ3n) is 4.92. The molecule has 1 heterocycles. The summed E-state index contributed by atoms with van der Waals surface area (Å²) in [7, 11) is 0. The highest BCUT2D eigenvalue weighted by molar-refractivity contribution is 5.88. The molecule has 1 unspecified atom stereocenters. The fourth-order valence-corrected chi connectivity index (χ4v) is 3.26. The van der Waals surface area contributed by atoms with Gasteiger partial charge in [-0.15, -0.1) is 0 Å². The highest BCUT2D eigenvalue weighted by Crippen LogP contribution is 2.29. The van der Waals surface area contributed by atoms with Crippen molar-refractivity contribution >= 4 is 22.8 Å². The Labute approximate surface area is 173 Å². The van der Waals surface area contributed by atoms with Gasteiger partial charge >= 0.3 is 11.6 Å². The van der Waals surface area contributed by atoms with Crippen LogP contribution in [0.5, 0.6) is 5.75 Å². The molecule has 0 aliphatic carbocycles. The number of ether oxygens (including phenoxy) is 1. The van der Waals surface area contributed by atoms with Crippen molar-refractivity contribution in [2.75, 3.05) is 0 Å². The van der Waals surface area contributed by atoms with Crippen molar-refractivity contribution in [2.45, 2.75) is 39.3 Å². The Balaban J connectivity index is 1.83. The van der Waals surface area contributed by atoms with E-state index in [0.29, 0.717) is 28.9 Å². The van der Waals surface area contributed by atoms with Crippen molar-refractivity contribution in [3.8, 4) is 5.75 Å². The second kappa shape index (κ2) is 8.82. The minimum atomic E-state index is -1.19. The SMILES string of the molecule is CCc1cc(=O)oc2c(C)c(OC(C)C(=O)N[C@@H](C(=O)O)c3ccccc3)ccc12. The van der Waals surface area contributed by atoms with Gasteiger partial charge in [0.2, 0.25) is 0 Å². The summed E-state index contributed by atoms with van der Waals surface area (Å²) < 4.78 is 11.1. The Hall–Kier alpha value is -3.61. The second-order valence-corrected chi connectivity index (χ2v) is 6.96. The number of aryl methyl sites for hydroxylation is 2. The number of hydrogen-bond acceptors (Lipinski definition) is 5. The first-order chi connectivity index (χ1) is 14.3. The maximum atomic E-state index is 12.6. The summed E-state index contributed by atoms with van der Waals surface area (Å²) >= 11 is 0. The molecule has 0 spiro atoms. The van der Waals surface area contributed by atoms with Crippen molar-refractivity contribution in [3.05, 3.63) is 75.6 Å². The molecule has 3 aromatic rings. The summed E-state index contributed by atoms with van der Waals surface area (Å²) in [6.45, 7) is 5.22. The van der Waals surface area contributed by atoms with Crippen LogP contribution in [0.1, 0.15) is 36.6 Å². The first-order valence-electron chi connectivity index (χ1n) is 9.63. The lowest BCUT2D eigenvalue weighted by molar-refractivity contribution is -0.143. The standard InChI is InChI=1S/C23H23NO6/c1-4-15-12-19(25)30-21-13(2)18(11-10-17(15)21)29-14(3)22(26)24-20(23(27)28)16-8-6-5-7-9-16/h5-12,14,20H,4H2,1-3H3,(H,24,26)(H,27,28)/t14?,20-/m1/s1. The van der Waals surface area contributed by atoms with Crippen molar-refractivity contribution in [3.63, 3.8) is 0 Å². The van der Waals surface area contributed by atoms with Gasteiger partial charge in [-0.25, -0.2) is 9.59 Å². The summed E-state index contributed by atoms with van der Waals surface area (Å²) in [5, 5.41) is 12.8. The molecule has 2 aromatic carbocycles. The van der Waals surface area contributed by atoms with Gasteiger partial charge in [0, 0.05) is 17.0 Å². The summed E-state index contributed by atoms with van der Waals surface area (Å²) in [4.78, 5) is 36.1. The fourth-order valence-electron chi connectivity index (χ4n) is 3.26. The molecule has 30 heavy (non-hydrogen) atoms. The number of carbonyl (C=O) groups is 2. The molecule has 0 saturated heterocycles. The minimum Gasteiger partial charge on any atom is -0.480 e. The normalized spacial score (nSPS) is 12.9. The van der Waals surface area contributed by atoms with Crippen molar-refractivity contribution < 1.29 is 23.8 Å². The minimum absolute atomic E-state index is 0.383. The Morgan fingerprint density at radius 2 is 1.87 bits per heavy atom. The number of nitrogens with one attached hydrogen (secondary N) is 1. The molecule has 7 heteroatoms. The third kappa shape index (κ3) is 4.35. The number of carboxylic acids is 1. The molecular formula is C23H23NO6. The maximum Gasteiger partial charge on any atom is 0.336 e. The summed E-state index contributed by atoms with van der Waals surface area (Å²) in [5.74, 6) is -1.36. The molecule has 0 aliphatic heterocycles. The molecule has 2 atom stereocenters. The topological polar surface area (TPSA) is 106 Å². The zero-order valence-electron chi connectivity index (χ0n) is 17.0. The monoisotopic (exact) mass is 409 g/mol. The lowest BCUT2D eigenvalue weighted by Crippen LogP contribution is -2.41. The van der Waals surface area contributed by atoms with Crippen molar-refractivity contribution in [1.82, 2.24) is 5.32 Å². The molecule has 1 aromatic heterocycles. The number of benzene rings is 2. The number of carbonyl (C=O) groups excluding carboxylic acids is 1. The fraction of sp³-hybridized carbons (Fsp3) is 0.261. The number of hydrogen-bond donors (Lipinski definition) is 2. The molecule has 0 bridgehead atoms. The predicted molar refractivity (Wildman–Crippen MR) is 112 cm³/mol. The van der Waals surface area contributed by atoms with Crippen LogP contribution in [0.4, 0.5) is 0 Å². The van der Waals surface area contributed by atoms with Gasteiger partial charge in [0.05, 0.1) is 0 Å². The van der Waals surface area contributed by atoms with Gasteiger partial charge in [0.1, 0.15) is 11.3 Å². The van der Waals surface area contributed by atoms with E-state index in [9.17, 15) is 19.5 Å². The zero-order valence-corrected chi connectivity index (χ0v) is 17.0. The van der Waals surface area contributed by atoms with Gasteiger partial charge in [-0.05, 0) is 43.5 Å². The lowest BCUT2D eigenvalue weighted by Gasteiger charge is -2.20. The quantitative estimate of drug-likeness (QED) is 0.580.